The van der Waals surface area contributed by atoms with E-state index in [0.29, 0.717) is 19.3 Å². The van der Waals surface area contributed by atoms with Crippen LogP contribution in [0.5, 0.6) is 0 Å². The summed E-state index contributed by atoms with van der Waals surface area (Å²) in [4.78, 5) is 12.5. The number of methoxy groups -OCH3 is 2. The fourth-order valence-corrected chi connectivity index (χ4v) is 2.58. The van der Waals surface area contributed by atoms with Gasteiger partial charge in [0.1, 0.15) is 5.60 Å². The van der Waals surface area contributed by atoms with E-state index in [4.69, 9.17) is 14.2 Å². The molecule has 1 rings (SSSR count). The van der Waals surface area contributed by atoms with Crippen molar-refractivity contribution in [3.63, 3.8) is 0 Å². The summed E-state index contributed by atoms with van der Waals surface area (Å²) < 4.78 is 16.2. The lowest BCUT2D eigenvalue weighted by Crippen LogP contribution is -2.45. The topological polar surface area (TPSA) is 65.0 Å². The molecule has 0 aromatic rings. The molecule has 0 saturated heterocycles. The number of hydrogen-bond acceptors (Lipinski definition) is 5. The Morgan fingerprint density at radius 3 is 2.05 bits per heavy atom. The smallest absolute Gasteiger partial charge is 0.315 e. The van der Waals surface area contributed by atoms with Crippen molar-refractivity contribution in [2.24, 2.45) is 5.41 Å². The molecular weight excluding hydrogens is 248 g/mol. The standard InChI is InChI=1S/C14H26O5/c1-10(15)13(11(16)19-12(2,3)4)7-8-14(9-13,17-5)18-6/h10,15H,7-9H2,1-6H3. The Labute approximate surface area is 115 Å². The monoisotopic (exact) mass is 274 g/mol. The largest absolute Gasteiger partial charge is 0.459 e. The molecule has 0 aromatic carbocycles. The van der Waals surface area contributed by atoms with Crippen molar-refractivity contribution in [1.82, 2.24) is 0 Å². The van der Waals surface area contributed by atoms with Gasteiger partial charge in [0.2, 0.25) is 0 Å². The van der Waals surface area contributed by atoms with Crippen LogP contribution in [-0.2, 0) is 19.0 Å². The number of esters is 1. The minimum absolute atomic E-state index is 0.305. The number of carbonyl (C=O) groups excluding carboxylic acids is 1. The van der Waals surface area contributed by atoms with E-state index in [2.05, 4.69) is 0 Å². The van der Waals surface area contributed by atoms with Crippen molar-refractivity contribution in [3.8, 4) is 0 Å². The summed E-state index contributed by atoms with van der Waals surface area (Å²) in [6.07, 6.45) is 0.542. The summed E-state index contributed by atoms with van der Waals surface area (Å²) in [6.45, 7) is 7.06. The first-order valence-corrected chi connectivity index (χ1v) is 6.63. The average Bonchev–Trinajstić information content (AvgIpc) is 2.69. The molecule has 2 atom stereocenters. The zero-order valence-corrected chi connectivity index (χ0v) is 12.8. The van der Waals surface area contributed by atoms with E-state index in [1.54, 1.807) is 21.1 Å². The molecule has 1 aliphatic rings. The second kappa shape index (κ2) is 5.38. The van der Waals surface area contributed by atoms with Crippen molar-refractivity contribution in [1.29, 1.82) is 0 Å². The SMILES string of the molecule is COC1(OC)CCC(C(=O)OC(C)(C)C)(C(C)O)C1. The first kappa shape index (κ1) is 16.4. The molecule has 1 saturated carbocycles. The molecule has 0 heterocycles. The number of aliphatic hydroxyl groups excluding tert-OH is 1. The van der Waals surface area contributed by atoms with Crippen molar-refractivity contribution >= 4 is 5.97 Å². The van der Waals surface area contributed by atoms with E-state index in [0.717, 1.165) is 0 Å². The van der Waals surface area contributed by atoms with Gasteiger partial charge in [-0.15, -0.1) is 0 Å². The number of carbonyl (C=O) groups is 1. The van der Waals surface area contributed by atoms with Gasteiger partial charge >= 0.3 is 5.97 Å². The van der Waals surface area contributed by atoms with Gasteiger partial charge in [-0.3, -0.25) is 4.79 Å². The van der Waals surface area contributed by atoms with Crippen LogP contribution in [0.1, 0.15) is 47.0 Å². The molecule has 2 unspecified atom stereocenters. The summed E-state index contributed by atoms with van der Waals surface area (Å²) in [6, 6.07) is 0. The Bertz CT molecular complexity index is 327. The molecule has 0 aromatic heterocycles. The van der Waals surface area contributed by atoms with Crippen LogP contribution >= 0.6 is 0 Å². The summed E-state index contributed by atoms with van der Waals surface area (Å²) in [5, 5.41) is 10.1. The van der Waals surface area contributed by atoms with Gasteiger partial charge in [-0.1, -0.05) is 0 Å². The fraction of sp³-hybridized carbons (Fsp3) is 0.929. The number of rotatable bonds is 4. The molecule has 19 heavy (non-hydrogen) atoms. The highest BCUT2D eigenvalue weighted by Gasteiger charge is 2.57. The predicted molar refractivity (Wildman–Crippen MR) is 70.6 cm³/mol. The van der Waals surface area contributed by atoms with Gasteiger partial charge < -0.3 is 19.3 Å². The molecule has 5 heteroatoms. The van der Waals surface area contributed by atoms with E-state index in [-0.39, 0.29) is 5.97 Å². The van der Waals surface area contributed by atoms with Crippen LogP contribution in [0.15, 0.2) is 0 Å². The Morgan fingerprint density at radius 1 is 1.21 bits per heavy atom. The van der Waals surface area contributed by atoms with Crippen molar-refractivity contribution in [3.05, 3.63) is 0 Å². The third-order valence-electron chi connectivity index (χ3n) is 3.89. The molecule has 1 aliphatic carbocycles. The van der Waals surface area contributed by atoms with Crippen molar-refractivity contribution in [2.75, 3.05) is 14.2 Å². The van der Waals surface area contributed by atoms with Crippen LogP contribution in [0, 0.1) is 5.41 Å². The maximum atomic E-state index is 12.5. The minimum Gasteiger partial charge on any atom is -0.459 e. The molecule has 0 amide bonds. The highest BCUT2D eigenvalue weighted by atomic mass is 16.7. The zero-order chi connectivity index (χ0) is 14.9. The average molecular weight is 274 g/mol. The second-order valence-electron chi connectivity index (χ2n) is 6.33. The quantitative estimate of drug-likeness (QED) is 0.626. The van der Waals surface area contributed by atoms with E-state index in [9.17, 15) is 9.90 Å². The normalized spacial score (nSPS) is 28.2. The maximum Gasteiger partial charge on any atom is 0.315 e. The van der Waals surface area contributed by atoms with E-state index in [1.165, 1.54) is 0 Å². The highest BCUT2D eigenvalue weighted by molar-refractivity contribution is 5.78. The minimum atomic E-state index is -0.959. The Morgan fingerprint density at radius 2 is 1.74 bits per heavy atom. The lowest BCUT2D eigenvalue weighted by Gasteiger charge is -2.35. The molecule has 0 spiro atoms. The molecule has 0 bridgehead atoms. The molecule has 0 aliphatic heterocycles. The molecule has 1 N–H and O–H groups in total. The van der Waals surface area contributed by atoms with Gasteiger partial charge in [0.15, 0.2) is 5.79 Å². The third-order valence-corrected chi connectivity index (χ3v) is 3.89. The van der Waals surface area contributed by atoms with Gasteiger partial charge in [-0.05, 0) is 34.1 Å². The lowest BCUT2D eigenvalue weighted by molar-refractivity contribution is -0.214. The summed E-state index contributed by atoms with van der Waals surface area (Å²) in [7, 11) is 3.10. The first-order chi connectivity index (χ1) is 8.61. The number of hydrogen-bond donors (Lipinski definition) is 1. The van der Waals surface area contributed by atoms with Gasteiger partial charge in [-0.2, -0.15) is 0 Å². The third kappa shape index (κ3) is 3.27. The van der Waals surface area contributed by atoms with Crippen LogP contribution in [-0.4, -0.2) is 42.8 Å². The summed E-state index contributed by atoms with van der Waals surface area (Å²) >= 11 is 0. The maximum absolute atomic E-state index is 12.5. The van der Waals surface area contributed by atoms with Crippen LogP contribution in [0.4, 0.5) is 0 Å². The van der Waals surface area contributed by atoms with Gasteiger partial charge in [-0.25, -0.2) is 0 Å². The van der Waals surface area contributed by atoms with E-state index < -0.39 is 22.9 Å². The Hall–Kier alpha value is -0.650. The number of aliphatic hydroxyl groups is 1. The van der Waals surface area contributed by atoms with Crippen LogP contribution in [0.25, 0.3) is 0 Å². The molecule has 1 fully saturated rings. The molecular formula is C14H26O5. The highest BCUT2D eigenvalue weighted by Crippen LogP contribution is 2.49. The second-order valence-corrected chi connectivity index (χ2v) is 6.33. The van der Waals surface area contributed by atoms with Crippen molar-refractivity contribution in [2.45, 2.75) is 64.4 Å². The van der Waals surface area contributed by atoms with E-state index >= 15 is 0 Å². The predicted octanol–water partition coefficient (Wildman–Crippen LogP) is 1.87. The molecule has 112 valence electrons. The van der Waals surface area contributed by atoms with Crippen LogP contribution in [0.2, 0.25) is 0 Å². The van der Waals surface area contributed by atoms with Gasteiger partial charge in [0.25, 0.3) is 0 Å². The lowest BCUT2D eigenvalue weighted by atomic mass is 9.80. The fourth-order valence-electron chi connectivity index (χ4n) is 2.58. The molecule has 5 nitrogen and oxygen atoms in total. The van der Waals surface area contributed by atoms with Crippen molar-refractivity contribution < 1.29 is 24.1 Å². The van der Waals surface area contributed by atoms with Gasteiger partial charge in [0, 0.05) is 27.1 Å². The Balaban J connectivity index is 2.99. The first-order valence-electron chi connectivity index (χ1n) is 6.63. The van der Waals surface area contributed by atoms with Crippen LogP contribution in [0.3, 0.4) is 0 Å². The van der Waals surface area contributed by atoms with Crippen LogP contribution < -0.4 is 0 Å². The zero-order valence-electron chi connectivity index (χ0n) is 12.8. The summed E-state index contributed by atoms with van der Waals surface area (Å²) in [5.74, 6) is -1.19. The Kier molecular flexibility index (Phi) is 4.65. The summed E-state index contributed by atoms with van der Waals surface area (Å²) in [5.41, 5.74) is -1.54. The van der Waals surface area contributed by atoms with Gasteiger partial charge in [0.05, 0.1) is 11.5 Å². The number of ether oxygens (including phenoxy) is 3. The van der Waals surface area contributed by atoms with E-state index in [1.807, 2.05) is 20.8 Å². The molecule has 0 radical (unpaired) electrons.